The molecule has 0 spiro atoms. The fourth-order valence-corrected chi connectivity index (χ4v) is 4.13. The van der Waals surface area contributed by atoms with Crippen molar-refractivity contribution in [2.75, 3.05) is 0 Å². The van der Waals surface area contributed by atoms with Gasteiger partial charge < -0.3 is 0 Å². The summed E-state index contributed by atoms with van der Waals surface area (Å²) in [6, 6.07) is 12.9. The summed E-state index contributed by atoms with van der Waals surface area (Å²) in [6.45, 7) is 0. The lowest BCUT2D eigenvalue weighted by Gasteiger charge is -1.99. The third kappa shape index (κ3) is 1.42. The smallest absolute Gasteiger partial charge is 0.0361 e. The predicted octanol–water partition coefficient (Wildman–Crippen LogP) is 3.06. The van der Waals surface area contributed by atoms with Gasteiger partial charge in [-0.05, 0) is 22.7 Å². The minimum atomic E-state index is 1.29. The van der Waals surface area contributed by atoms with Crippen molar-refractivity contribution < 1.29 is 0 Å². The van der Waals surface area contributed by atoms with Gasteiger partial charge in [0.15, 0.2) is 0 Å². The molecule has 0 saturated heterocycles. The van der Waals surface area contributed by atoms with Gasteiger partial charge in [0.05, 0.1) is 0 Å². The van der Waals surface area contributed by atoms with Gasteiger partial charge in [0, 0.05) is 20.2 Å². The fourth-order valence-electron chi connectivity index (χ4n) is 1.92. The Bertz CT molecular complexity index is 599. The highest BCUT2D eigenvalue weighted by molar-refractivity contribution is 7.32. The van der Waals surface area contributed by atoms with Gasteiger partial charge in [0.2, 0.25) is 0 Å². The first-order chi connectivity index (χ1) is 7.27. The Labute approximate surface area is 97.1 Å². The lowest BCUT2D eigenvalue weighted by atomic mass is 10.1. The van der Waals surface area contributed by atoms with E-state index in [9.17, 15) is 0 Å². The molecule has 0 fully saturated rings. The molecule has 1 heterocycles. The molecule has 15 heavy (non-hydrogen) atoms. The molecule has 0 saturated carbocycles. The molecule has 2 aromatic carbocycles. The molecule has 3 heteroatoms. The molecular formula is C12H10P2S. The zero-order valence-electron chi connectivity index (χ0n) is 8.03. The Morgan fingerprint density at radius 2 is 1.20 bits per heavy atom. The van der Waals surface area contributed by atoms with E-state index in [0.29, 0.717) is 0 Å². The first kappa shape index (κ1) is 9.73. The summed E-state index contributed by atoms with van der Waals surface area (Å²) >= 11 is 1.86. The quantitative estimate of drug-likeness (QED) is 0.536. The van der Waals surface area contributed by atoms with E-state index in [0.717, 1.165) is 0 Å². The van der Waals surface area contributed by atoms with Gasteiger partial charge in [-0.1, -0.05) is 24.3 Å². The van der Waals surface area contributed by atoms with E-state index < -0.39 is 0 Å². The van der Waals surface area contributed by atoms with Crippen LogP contribution < -0.4 is 10.6 Å². The summed E-state index contributed by atoms with van der Waals surface area (Å²) in [6.07, 6.45) is 0. The summed E-state index contributed by atoms with van der Waals surface area (Å²) < 4.78 is 2.74. The second-order valence-corrected chi connectivity index (χ2v) is 5.87. The van der Waals surface area contributed by atoms with Gasteiger partial charge in [-0.25, -0.2) is 0 Å². The Morgan fingerprint density at radius 1 is 0.733 bits per heavy atom. The van der Waals surface area contributed by atoms with Crippen LogP contribution in [0.5, 0.6) is 0 Å². The van der Waals surface area contributed by atoms with Crippen LogP contribution in [0.4, 0.5) is 0 Å². The minimum absolute atomic E-state index is 1.29. The van der Waals surface area contributed by atoms with Crippen molar-refractivity contribution in [2.45, 2.75) is 0 Å². The van der Waals surface area contributed by atoms with Gasteiger partial charge in [-0.3, -0.25) is 0 Å². The molecule has 0 N–H and O–H groups in total. The molecule has 3 rings (SSSR count). The van der Waals surface area contributed by atoms with Gasteiger partial charge >= 0.3 is 0 Å². The van der Waals surface area contributed by atoms with Crippen molar-refractivity contribution in [3.05, 3.63) is 36.4 Å². The van der Waals surface area contributed by atoms with E-state index in [-0.39, 0.29) is 0 Å². The van der Waals surface area contributed by atoms with Crippen LogP contribution in [0.1, 0.15) is 0 Å². The average Bonchev–Trinajstić information content (AvgIpc) is 2.58. The van der Waals surface area contributed by atoms with Crippen LogP contribution in [0.15, 0.2) is 36.4 Å². The van der Waals surface area contributed by atoms with Gasteiger partial charge in [-0.15, -0.1) is 29.8 Å². The van der Waals surface area contributed by atoms with Crippen molar-refractivity contribution in [3.8, 4) is 0 Å². The molecule has 0 radical (unpaired) electrons. The Hall–Kier alpha value is -0.480. The molecule has 2 unspecified atom stereocenters. The fraction of sp³-hybridized carbons (Fsp3) is 0. The van der Waals surface area contributed by atoms with E-state index >= 15 is 0 Å². The lowest BCUT2D eigenvalue weighted by Crippen LogP contribution is -1.95. The molecule has 3 aromatic rings. The summed E-state index contributed by atoms with van der Waals surface area (Å²) in [5.74, 6) is 0. The maximum absolute atomic E-state index is 2.83. The normalized spacial score (nSPS) is 11.3. The van der Waals surface area contributed by atoms with Gasteiger partial charge in [0.25, 0.3) is 0 Å². The highest BCUT2D eigenvalue weighted by Gasteiger charge is 2.08. The van der Waals surface area contributed by atoms with Crippen molar-refractivity contribution in [2.24, 2.45) is 0 Å². The minimum Gasteiger partial charge on any atom is -0.135 e. The third-order valence-corrected chi connectivity index (χ3v) is 4.67. The molecule has 0 aliphatic rings. The topological polar surface area (TPSA) is 0 Å². The highest BCUT2D eigenvalue weighted by Crippen LogP contribution is 2.32. The van der Waals surface area contributed by atoms with Crippen molar-refractivity contribution in [1.82, 2.24) is 0 Å². The summed E-state index contributed by atoms with van der Waals surface area (Å²) in [4.78, 5) is 0. The van der Waals surface area contributed by atoms with E-state index in [2.05, 4.69) is 54.9 Å². The molecule has 0 amide bonds. The summed E-state index contributed by atoms with van der Waals surface area (Å²) in [5.41, 5.74) is 0. The third-order valence-electron chi connectivity index (χ3n) is 2.59. The largest absolute Gasteiger partial charge is 0.135 e. The number of benzene rings is 2. The van der Waals surface area contributed by atoms with Gasteiger partial charge in [-0.2, -0.15) is 0 Å². The lowest BCUT2D eigenvalue weighted by molar-refractivity contribution is 1.92. The zero-order valence-corrected chi connectivity index (χ0v) is 11.2. The van der Waals surface area contributed by atoms with Crippen LogP contribution in [0, 0.1) is 0 Å². The van der Waals surface area contributed by atoms with Crippen LogP contribution in [-0.2, 0) is 0 Å². The van der Waals surface area contributed by atoms with Crippen LogP contribution in [0.2, 0.25) is 0 Å². The highest BCUT2D eigenvalue weighted by atomic mass is 32.1. The maximum Gasteiger partial charge on any atom is 0.0361 e. The van der Waals surface area contributed by atoms with Crippen LogP contribution in [0.25, 0.3) is 20.2 Å². The number of hydrogen-bond donors (Lipinski definition) is 0. The Balaban J connectivity index is 2.67. The van der Waals surface area contributed by atoms with E-state index in [1.807, 2.05) is 11.3 Å². The molecule has 0 bridgehead atoms. The summed E-state index contributed by atoms with van der Waals surface area (Å²) in [5, 5.41) is 5.34. The average molecular weight is 248 g/mol. The van der Waals surface area contributed by atoms with Crippen molar-refractivity contribution in [3.63, 3.8) is 0 Å². The number of hydrogen-bond acceptors (Lipinski definition) is 1. The Morgan fingerprint density at radius 3 is 1.67 bits per heavy atom. The zero-order chi connectivity index (χ0) is 10.4. The molecule has 0 aliphatic carbocycles. The second-order valence-electron chi connectivity index (χ2n) is 3.54. The molecule has 0 aliphatic heterocycles. The Kier molecular flexibility index (Phi) is 2.29. The summed E-state index contributed by atoms with van der Waals surface area (Å²) in [7, 11) is 5.65. The maximum atomic E-state index is 2.83. The molecule has 1 aromatic heterocycles. The first-order valence-corrected chi connectivity index (χ1v) is 6.69. The first-order valence-electron chi connectivity index (χ1n) is 4.72. The van der Waals surface area contributed by atoms with E-state index in [1.54, 1.807) is 0 Å². The molecule has 2 atom stereocenters. The monoisotopic (exact) mass is 248 g/mol. The molecule has 74 valence electrons. The number of rotatable bonds is 0. The predicted molar refractivity (Wildman–Crippen MR) is 78.0 cm³/mol. The van der Waals surface area contributed by atoms with Crippen molar-refractivity contribution >= 4 is 60.6 Å². The van der Waals surface area contributed by atoms with Crippen LogP contribution >= 0.6 is 29.8 Å². The molecular weight excluding hydrogens is 238 g/mol. The molecule has 0 nitrogen and oxygen atoms in total. The van der Waals surface area contributed by atoms with Crippen LogP contribution in [-0.4, -0.2) is 0 Å². The van der Waals surface area contributed by atoms with Crippen LogP contribution in [0.3, 0.4) is 0 Å². The SMILES string of the molecule is Pc1cccc2sc3cccc(P)c3c12. The second kappa shape index (κ2) is 3.52. The number of thiophene rings is 1. The standard InChI is InChI=1S/C12H10P2S/c13-7-3-1-5-9-11(7)12-8(14)4-2-6-10(12)15-9/h1-6H,13-14H2. The van der Waals surface area contributed by atoms with Crippen molar-refractivity contribution in [1.29, 1.82) is 0 Å². The van der Waals surface area contributed by atoms with E-state index in [1.165, 1.54) is 30.8 Å². The number of fused-ring (bicyclic) bond motifs is 3. The van der Waals surface area contributed by atoms with E-state index in [4.69, 9.17) is 0 Å². The van der Waals surface area contributed by atoms with Gasteiger partial charge in [0.1, 0.15) is 0 Å².